The van der Waals surface area contributed by atoms with E-state index in [-0.39, 0.29) is 6.10 Å². The van der Waals surface area contributed by atoms with Gasteiger partial charge in [-0.25, -0.2) is 14.6 Å². The predicted molar refractivity (Wildman–Crippen MR) is 166 cm³/mol. The Morgan fingerprint density at radius 1 is 1.00 bits per heavy atom. The number of halogens is 3. The molecule has 244 valence electrons. The van der Waals surface area contributed by atoms with E-state index in [9.17, 15) is 22.8 Å². The van der Waals surface area contributed by atoms with Crippen LogP contribution in [0.5, 0.6) is 0 Å². The second-order valence-electron chi connectivity index (χ2n) is 13.1. The van der Waals surface area contributed by atoms with Gasteiger partial charge < -0.3 is 18.8 Å². The van der Waals surface area contributed by atoms with Gasteiger partial charge >= 0.3 is 18.2 Å². The average Bonchev–Trinajstić information content (AvgIpc) is 3.55. The zero-order valence-corrected chi connectivity index (χ0v) is 26.8. The number of anilines is 1. The fourth-order valence-corrected chi connectivity index (χ4v) is 6.16. The van der Waals surface area contributed by atoms with Crippen molar-refractivity contribution in [3.05, 3.63) is 53.0 Å². The lowest BCUT2D eigenvalue weighted by molar-refractivity contribution is -0.149. The lowest BCUT2D eigenvalue weighted by Gasteiger charge is -2.35. The highest BCUT2D eigenvalue weighted by molar-refractivity contribution is 5.97. The minimum absolute atomic E-state index is 0.293. The number of ether oxygens (including phenoxy) is 2. The quantitative estimate of drug-likeness (QED) is 0.302. The lowest BCUT2D eigenvalue weighted by Crippen LogP contribution is -2.49. The van der Waals surface area contributed by atoms with Crippen LogP contribution in [0.2, 0.25) is 0 Å². The maximum atomic E-state index is 13.3. The number of alkyl halides is 3. The van der Waals surface area contributed by atoms with E-state index in [4.69, 9.17) is 9.47 Å². The summed E-state index contributed by atoms with van der Waals surface area (Å²) >= 11 is 0. The summed E-state index contributed by atoms with van der Waals surface area (Å²) in [6, 6.07) is 5.80. The van der Waals surface area contributed by atoms with Gasteiger partial charge in [-0.2, -0.15) is 13.2 Å². The summed E-state index contributed by atoms with van der Waals surface area (Å²) in [7, 11) is 0. The minimum atomic E-state index is -4.20. The molecule has 5 rings (SSSR count). The maximum Gasteiger partial charge on any atom is 0.416 e. The van der Waals surface area contributed by atoms with Gasteiger partial charge in [0, 0.05) is 74.9 Å². The number of hydrogen-bond donors (Lipinski definition) is 0. The second kappa shape index (κ2) is 12.6. The van der Waals surface area contributed by atoms with Crippen molar-refractivity contribution in [2.24, 2.45) is 0 Å². The van der Waals surface area contributed by atoms with Crippen LogP contribution in [0.4, 0.5) is 23.8 Å². The Hall–Kier alpha value is -3.64. The number of carbonyl (C=O) groups is 2. The molecule has 0 unspecified atom stereocenters. The highest BCUT2D eigenvalue weighted by atomic mass is 19.4. The first-order valence-corrected chi connectivity index (χ1v) is 15.5. The topological polar surface area (TPSA) is 79.6 Å². The van der Waals surface area contributed by atoms with Crippen molar-refractivity contribution in [1.82, 2.24) is 19.2 Å². The zero-order valence-electron chi connectivity index (χ0n) is 26.8. The predicted octanol–water partition coefficient (Wildman–Crippen LogP) is 5.89. The molecule has 0 aromatic carbocycles. The van der Waals surface area contributed by atoms with Crippen LogP contribution >= 0.6 is 0 Å². The van der Waals surface area contributed by atoms with Gasteiger partial charge in [-0.3, -0.25) is 9.80 Å². The molecule has 3 aromatic heterocycles. The monoisotopic (exact) mass is 629 g/mol. The number of piperazine rings is 1. The number of carbonyl (C=O) groups excluding carboxylic acids is 2. The minimum Gasteiger partial charge on any atom is -0.459 e. The molecule has 2 aliphatic heterocycles. The smallest absolute Gasteiger partial charge is 0.416 e. The lowest BCUT2D eigenvalue weighted by atomic mass is 9.99. The van der Waals surface area contributed by atoms with Crippen LogP contribution in [0.3, 0.4) is 0 Å². The Morgan fingerprint density at radius 2 is 1.69 bits per heavy atom. The van der Waals surface area contributed by atoms with Crippen LogP contribution in [-0.4, -0.2) is 94.9 Å². The van der Waals surface area contributed by atoms with E-state index >= 15 is 0 Å². The highest BCUT2D eigenvalue weighted by Gasteiger charge is 2.34. The first kappa shape index (κ1) is 32.7. The van der Waals surface area contributed by atoms with Crippen molar-refractivity contribution in [2.75, 3.05) is 50.7 Å². The Kier molecular flexibility index (Phi) is 9.19. The fraction of sp³-hybridized carbons (Fsp3) is 0.545. The van der Waals surface area contributed by atoms with Crippen molar-refractivity contribution in [2.45, 2.75) is 72.3 Å². The number of nitrogens with zero attached hydrogens (tertiary/aromatic N) is 5. The standard InChI is InChI=1S/C33H42F3N5O4/c1-21(2)44-30(42)26-19-28-24(23-7-11-37-29-25(23)9-14-41(29)31(43)45-32(4,5)6)8-13-40(28)27(22(26)3)10-12-38-15-17-39(18-16-38)20-33(34,35)36/h7-8,11,13,19,21H,9-10,12,14-18,20H2,1-6H3. The summed E-state index contributed by atoms with van der Waals surface area (Å²) in [6.45, 7) is 13.0. The van der Waals surface area contributed by atoms with Crippen LogP contribution in [0.1, 0.15) is 61.8 Å². The van der Waals surface area contributed by atoms with Gasteiger partial charge in [-0.1, -0.05) is 0 Å². The largest absolute Gasteiger partial charge is 0.459 e. The van der Waals surface area contributed by atoms with E-state index in [0.717, 1.165) is 33.5 Å². The molecule has 1 amide bonds. The summed E-state index contributed by atoms with van der Waals surface area (Å²) in [5, 5.41) is 0. The number of esters is 1. The summed E-state index contributed by atoms with van der Waals surface area (Å²) in [5.41, 5.74) is 5.17. The molecule has 45 heavy (non-hydrogen) atoms. The number of amides is 1. The molecule has 0 spiro atoms. The van der Waals surface area contributed by atoms with Crippen LogP contribution in [-0.2, 0) is 22.3 Å². The van der Waals surface area contributed by atoms with E-state index in [1.54, 1.807) is 11.1 Å². The van der Waals surface area contributed by atoms with Gasteiger partial charge in [0.15, 0.2) is 0 Å². The van der Waals surface area contributed by atoms with Crippen molar-refractivity contribution < 1.29 is 32.2 Å². The Bertz CT molecular complexity index is 1570. The zero-order chi connectivity index (χ0) is 32.7. The number of aromatic nitrogens is 2. The maximum absolute atomic E-state index is 13.3. The second-order valence-corrected chi connectivity index (χ2v) is 13.1. The number of pyridine rings is 2. The molecule has 9 nitrogen and oxygen atoms in total. The molecule has 0 saturated carbocycles. The molecular formula is C33H42F3N5O4. The average molecular weight is 630 g/mol. The number of fused-ring (bicyclic) bond motifs is 2. The van der Waals surface area contributed by atoms with E-state index < -0.39 is 30.4 Å². The molecule has 2 aliphatic rings. The molecule has 5 heterocycles. The van der Waals surface area contributed by atoms with Gasteiger partial charge in [0.05, 0.1) is 23.7 Å². The Labute approximate surface area is 261 Å². The molecule has 0 aliphatic carbocycles. The molecule has 0 radical (unpaired) electrons. The van der Waals surface area contributed by atoms with Crippen molar-refractivity contribution in [3.63, 3.8) is 0 Å². The normalized spacial score (nSPS) is 16.4. The van der Waals surface area contributed by atoms with E-state index in [1.807, 2.05) is 65.9 Å². The van der Waals surface area contributed by atoms with Gasteiger partial charge in [0.1, 0.15) is 11.4 Å². The molecule has 0 bridgehead atoms. The molecule has 1 fully saturated rings. The van der Waals surface area contributed by atoms with Gasteiger partial charge in [0.2, 0.25) is 0 Å². The third-order valence-corrected chi connectivity index (χ3v) is 8.21. The van der Waals surface area contributed by atoms with Crippen molar-refractivity contribution in [3.8, 4) is 11.1 Å². The van der Waals surface area contributed by atoms with Crippen molar-refractivity contribution >= 4 is 23.4 Å². The van der Waals surface area contributed by atoms with E-state index in [0.29, 0.717) is 63.5 Å². The van der Waals surface area contributed by atoms with Gasteiger partial charge in [0.25, 0.3) is 0 Å². The molecular weight excluding hydrogens is 587 g/mol. The van der Waals surface area contributed by atoms with E-state index in [2.05, 4.69) is 14.3 Å². The summed E-state index contributed by atoms with van der Waals surface area (Å²) in [4.78, 5) is 36.0. The summed E-state index contributed by atoms with van der Waals surface area (Å²) < 4.78 is 51.9. The number of hydrogen-bond acceptors (Lipinski definition) is 7. The van der Waals surface area contributed by atoms with Crippen LogP contribution < -0.4 is 4.90 Å². The Morgan fingerprint density at radius 3 is 2.33 bits per heavy atom. The first-order chi connectivity index (χ1) is 21.1. The summed E-state index contributed by atoms with van der Waals surface area (Å²) in [6.07, 6.45) is -0.0661. The summed E-state index contributed by atoms with van der Waals surface area (Å²) in [5.74, 6) is 0.160. The molecule has 1 saturated heterocycles. The van der Waals surface area contributed by atoms with Crippen molar-refractivity contribution in [1.29, 1.82) is 0 Å². The third kappa shape index (κ3) is 7.44. The molecule has 12 heteroatoms. The van der Waals surface area contributed by atoms with Gasteiger partial charge in [-0.05, 0) is 77.3 Å². The SMILES string of the molecule is Cc1c(C(=O)OC(C)C)cc2c(-c3ccnc4c3CCN4C(=O)OC(C)(C)C)ccn2c1CCN1CCN(CC(F)(F)F)CC1. The first-order valence-electron chi connectivity index (χ1n) is 15.5. The molecule has 3 aromatic rings. The highest BCUT2D eigenvalue weighted by Crippen LogP contribution is 2.38. The molecule has 0 N–H and O–H groups in total. The van der Waals surface area contributed by atoms with Crippen LogP contribution in [0.15, 0.2) is 30.6 Å². The number of rotatable bonds is 7. The molecule has 0 atom stereocenters. The van der Waals surface area contributed by atoms with Crippen LogP contribution in [0.25, 0.3) is 16.6 Å². The van der Waals surface area contributed by atoms with Crippen LogP contribution in [0, 0.1) is 6.92 Å². The fourth-order valence-electron chi connectivity index (χ4n) is 6.16. The van der Waals surface area contributed by atoms with Gasteiger partial charge in [-0.15, -0.1) is 0 Å². The van der Waals surface area contributed by atoms with E-state index in [1.165, 1.54) is 4.90 Å². The third-order valence-electron chi connectivity index (χ3n) is 8.21. The Balaban J connectivity index is 1.48.